The smallest absolute Gasteiger partial charge is 0.257 e. The van der Waals surface area contributed by atoms with Gasteiger partial charge in [-0.05, 0) is 49.8 Å². The first-order chi connectivity index (χ1) is 15.7. The van der Waals surface area contributed by atoms with E-state index in [-0.39, 0.29) is 23.7 Å². The molecule has 3 heterocycles. The van der Waals surface area contributed by atoms with Crippen LogP contribution in [-0.2, 0) is 15.9 Å². The first kappa shape index (κ1) is 21.5. The number of ether oxygens (including phenoxy) is 3. The zero-order chi connectivity index (χ0) is 22.0. The van der Waals surface area contributed by atoms with Gasteiger partial charge in [0, 0.05) is 32.5 Å². The predicted molar refractivity (Wildman–Crippen MR) is 123 cm³/mol. The van der Waals surface area contributed by atoms with Gasteiger partial charge < -0.3 is 19.1 Å². The number of aryl methyl sites for hydroxylation is 1. The molecule has 3 aliphatic heterocycles. The Bertz CT molecular complexity index is 936. The predicted octanol–water partition coefficient (Wildman–Crippen LogP) is 4.94. The highest BCUT2D eigenvalue weighted by atomic mass is 16.5. The maximum atomic E-state index is 13.4. The number of hydrogen-bond acceptors (Lipinski definition) is 4. The average Bonchev–Trinajstić information content (AvgIpc) is 2.84. The molecule has 5 nitrogen and oxygen atoms in total. The van der Waals surface area contributed by atoms with Gasteiger partial charge in [0.25, 0.3) is 5.91 Å². The van der Waals surface area contributed by atoms with E-state index in [0.29, 0.717) is 31.9 Å². The summed E-state index contributed by atoms with van der Waals surface area (Å²) in [5.74, 6) is 0.869. The first-order valence-corrected chi connectivity index (χ1v) is 12.1. The van der Waals surface area contributed by atoms with Crippen molar-refractivity contribution in [3.8, 4) is 5.75 Å². The van der Waals surface area contributed by atoms with Crippen molar-refractivity contribution in [2.45, 2.75) is 63.3 Å². The van der Waals surface area contributed by atoms with E-state index in [4.69, 9.17) is 14.2 Å². The van der Waals surface area contributed by atoms with Crippen molar-refractivity contribution in [3.05, 3.63) is 65.2 Å². The van der Waals surface area contributed by atoms with Crippen LogP contribution in [0.25, 0.3) is 0 Å². The Morgan fingerprint density at radius 3 is 2.72 bits per heavy atom. The molecule has 170 valence electrons. The Labute approximate surface area is 190 Å². The maximum Gasteiger partial charge on any atom is 0.257 e. The fourth-order valence-electron chi connectivity index (χ4n) is 5.54. The molecule has 32 heavy (non-hydrogen) atoms. The van der Waals surface area contributed by atoms with Gasteiger partial charge in [0.05, 0.1) is 30.0 Å². The van der Waals surface area contributed by atoms with Gasteiger partial charge in [0.2, 0.25) is 0 Å². The van der Waals surface area contributed by atoms with Crippen LogP contribution in [0.4, 0.5) is 0 Å². The lowest BCUT2D eigenvalue weighted by Gasteiger charge is -2.49. The summed E-state index contributed by atoms with van der Waals surface area (Å²) in [7, 11) is 0. The molecule has 0 N–H and O–H groups in total. The summed E-state index contributed by atoms with van der Waals surface area (Å²) in [4.78, 5) is 15.4. The summed E-state index contributed by atoms with van der Waals surface area (Å²) in [6.07, 6.45) is 5.67. The molecule has 0 unspecified atom stereocenters. The van der Waals surface area contributed by atoms with E-state index >= 15 is 0 Å². The third-order valence-corrected chi connectivity index (χ3v) is 7.17. The molecule has 5 heteroatoms. The molecular formula is C27H33NO4. The summed E-state index contributed by atoms with van der Waals surface area (Å²) in [5, 5.41) is 0. The second kappa shape index (κ2) is 9.24. The molecule has 0 saturated carbocycles. The third-order valence-electron chi connectivity index (χ3n) is 7.17. The lowest BCUT2D eigenvalue weighted by atomic mass is 9.80. The summed E-state index contributed by atoms with van der Waals surface area (Å²) in [6, 6.07) is 16.4. The second-order valence-electron chi connectivity index (χ2n) is 9.26. The van der Waals surface area contributed by atoms with E-state index in [1.807, 2.05) is 23.1 Å². The summed E-state index contributed by atoms with van der Waals surface area (Å²) >= 11 is 0. The molecule has 2 saturated heterocycles. The SMILES string of the molecule is CCO[C@H]1C[C@@H](c2ccccc2)OC2(CCN(C(=O)c3cccc4c3OCCC4)CC2)C1. The molecule has 2 atom stereocenters. The zero-order valence-electron chi connectivity index (χ0n) is 18.9. The highest BCUT2D eigenvalue weighted by Gasteiger charge is 2.45. The van der Waals surface area contributed by atoms with Crippen molar-refractivity contribution in [1.29, 1.82) is 0 Å². The van der Waals surface area contributed by atoms with Crippen molar-refractivity contribution in [2.24, 2.45) is 0 Å². The molecule has 0 aromatic heterocycles. The number of likely N-dealkylation sites (tertiary alicyclic amines) is 1. The number of rotatable bonds is 4. The van der Waals surface area contributed by atoms with Crippen molar-refractivity contribution in [3.63, 3.8) is 0 Å². The zero-order valence-corrected chi connectivity index (χ0v) is 18.9. The van der Waals surface area contributed by atoms with Crippen LogP contribution in [0.1, 0.15) is 66.6 Å². The largest absolute Gasteiger partial charge is 0.492 e. The van der Waals surface area contributed by atoms with Gasteiger partial charge in [-0.3, -0.25) is 4.79 Å². The van der Waals surface area contributed by atoms with Crippen molar-refractivity contribution in [1.82, 2.24) is 4.90 Å². The number of fused-ring (bicyclic) bond motifs is 1. The van der Waals surface area contributed by atoms with Crippen molar-refractivity contribution >= 4 is 5.91 Å². The summed E-state index contributed by atoms with van der Waals surface area (Å²) in [6.45, 7) is 4.86. The van der Waals surface area contributed by atoms with E-state index in [1.54, 1.807) is 0 Å². The molecule has 0 radical (unpaired) electrons. The Morgan fingerprint density at radius 2 is 1.94 bits per heavy atom. The van der Waals surface area contributed by atoms with Crippen LogP contribution in [0.3, 0.4) is 0 Å². The van der Waals surface area contributed by atoms with Crippen LogP contribution < -0.4 is 4.74 Å². The van der Waals surface area contributed by atoms with E-state index in [9.17, 15) is 4.79 Å². The van der Waals surface area contributed by atoms with Gasteiger partial charge in [-0.15, -0.1) is 0 Å². The van der Waals surface area contributed by atoms with E-state index < -0.39 is 0 Å². The number of piperidine rings is 1. The Balaban J connectivity index is 1.31. The van der Waals surface area contributed by atoms with Gasteiger partial charge in [-0.1, -0.05) is 42.5 Å². The number of para-hydroxylation sites is 1. The number of carbonyl (C=O) groups excluding carboxylic acids is 1. The van der Waals surface area contributed by atoms with Gasteiger partial charge in [-0.2, -0.15) is 0 Å². The molecule has 5 rings (SSSR count). The lowest BCUT2D eigenvalue weighted by molar-refractivity contribution is -0.190. The molecule has 3 aliphatic rings. The molecule has 0 bridgehead atoms. The number of hydrogen-bond donors (Lipinski definition) is 0. The minimum Gasteiger partial charge on any atom is -0.492 e. The highest BCUT2D eigenvalue weighted by molar-refractivity contribution is 5.97. The molecule has 2 fully saturated rings. The topological polar surface area (TPSA) is 48.0 Å². The van der Waals surface area contributed by atoms with E-state index in [1.165, 1.54) is 5.56 Å². The normalized spacial score (nSPS) is 24.6. The quantitative estimate of drug-likeness (QED) is 0.682. The molecule has 1 amide bonds. The van der Waals surface area contributed by atoms with Gasteiger partial charge in [0.15, 0.2) is 0 Å². The van der Waals surface area contributed by atoms with Gasteiger partial charge in [0.1, 0.15) is 5.75 Å². The second-order valence-corrected chi connectivity index (χ2v) is 9.26. The standard InChI is InChI=1S/C27H33NO4/c1-2-30-22-18-24(20-8-4-3-5-9-20)32-27(19-22)13-15-28(16-14-27)26(29)23-12-6-10-21-11-7-17-31-25(21)23/h3-6,8-10,12,22,24H,2,7,11,13-19H2,1H3/t22-,24-/m0/s1. The fraction of sp³-hybridized carbons (Fsp3) is 0.519. The molecule has 1 spiro atoms. The Kier molecular flexibility index (Phi) is 6.20. The fourth-order valence-corrected chi connectivity index (χ4v) is 5.54. The molecular weight excluding hydrogens is 402 g/mol. The Morgan fingerprint density at radius 1 is 1.12 bits per heavy atom. The minimum atomic E-state index is -0.234. The highest BCUT2D eigenvalue weighted by Crippen LogP contribution is 2.44. The molecule has 0 aliphatic carbocycles. The van der Waals surface area contributed by atoms with Crippen molar-refractivity contribution in [2.75, 3.05) is 26.3 Å². The van der Waals surface area contributed by atoms with E-state index in [0.717, 1.165) is 49.8 Å². The van der Waals surface area contributed by atoms with Crippen LogP contribution in [0, 0.1) is 0 Å². The third kappa shape index (κ3) is 4.28. The van der Waals surface area contributed by atoms with Crippen LogP contribution in [0.15, 0.2) is 48.5 Å². The monoisotopic (exact) mass is 435 g/mol. The van der Waals surface area contributed by atoms with E-state index in [2.05, 4.69) is 37.3 Å². The summed E-state index contributed by atoms with van der Waals surface area (Å²) in [5.41, 5.74) is 2.83. The number of benzene rings is 2. The lowest BCUT2D eigenvalue weighted by Crippen LogP contribution is -2.52. The first-order valence-electron chi connectivity index (χ1n) is 12.1. The van der Waals surface area contributed by atoms with Crippen LogP contribution in [0.5, 0.6) is 5.75 Å². The average molecular weight is 436 g/mol. The number of amides is 1. The van der Waals surface area contributed by atoms with Crippen LogP contribution in [-0.4, -0.2) is 48.8 Å². The summed E-state index contributed by atoms with van der Waals surface area (Å²) < 4.78 is 18.7. The van der Waals surface area contributed by atoms with Crippen LogP contribution in [0.2, 0.25) is 0 Å². The minimum absolute atomic E-state index is 0.0401. The Hall–Kier alpha value is -2.37. The maximum absolute atomic E-state index is 13.4. The van der Waals surface area contributed by atoms with Gasteiger partial charge >= 0.3 is 0 Å². The number of nitrogens with zero attached hydrogens (tertiary/aromatic N) is 1. The van der Waals surface area contributed by atoms with Gasteiger partial charge in [-0.25, -0.2) is 0 Å². The van der Waals surface area contributed by atoms with Crippen LogP contribution >= 0.6 is 0 Å². The number of carbonyl (C=O) groups is 1. The molecule has 2 aromatic rings. The van der Waals surface area contributed by atoms with Crippen molar-refractivity contribution < 1.29 is 19.0 Å². The molecule has 2 aromatic carbocycles.